The van der Waals surface area contributed by atoms with Crippen molar-refractivity contribution in [3.05, 3.63) is 0 Å². The second-order valence-electron chi connectivity index (χ2n) is 5.64. The molecule has 4 nitrogen and oxygen atoms in total. The molecule has 2 aliphatic rings. The number of rotatable bonds is 1. The monoisotopic (exact) mass is 240 g/mol. The average molecular weight is 240 g/mol. The summed E-state index contributed by atoms with van der Waals surface area (Å²) >= 11 is 0. The Labute approximate surface area is 103 Å². The molecule has 1 amide bonds. The molecule has 0 radical (unpaired) electrons. The number of β-amino-alcohol motifs (C(OH)–C–C–N with tert-alkyl or cyclic N) is 1. The summed E-state index contributed by atoms with van der Waals surface area (Å²) in [6, 6.07) is 0.160. The summed E-state index contributed by atoms with van der Waals surface area (Å²) in [6.07, 6.45) is 4.45. The van der Waals surface area contributed by atoms with E-state index in [1.54, 1.807) is 0 Å². The highest BCUT2D eigenvalue weighted by molar-refractivity contribution is 5.79. The third-order valence-corrected chi connectivity index (χ3v) is 4.39. The molecular formula is C13H24N2O2. The first-order chi connectivity index (χ1) is 8.09. The van der Waals surface area contributed by atoms with E-state index >= 15 is 0 Å². The highest BCUT2D eigenvalue weighted by Crippen LogP contribution is 2.31. The van der Waals surface area contributed by atoms with E-state index in [1.165, 1.54) is 0 Å². The van der Waals surface area contributed by atoms with E-state index < -0.39 is 0 Å². The number of carbonyl (C=O) groups excluding carboxylic acids is 1. The number of amides is 1. The summed E-state index contributed by atoms with van der Waals surface area (Å²) in [4.78, 5) is 14.3. The fraction of sp³-hybridized carbons (Fsp3) is 0.923. The van der Waals surface area contributed by atoms with Gasteiger partial charge in [-0.3, -0.25) is 4.79 Å². The number of aliphatic hydroxyl groups is 1. The van der Waals surface area contributed by atoms with Gasteiger partial charge in [0.05, 0.1) is 6.10 Å². The minimum atomic E-state index is -0.333. The van der Waals surface area contributed by atoms with Crippen LogP contribution in [0.4, 0.5) is 0 Å². The summed E-state index contributed by atoms with van der Waals surface area (Å²) in [6.45, 7) is 3.40. The Morgan fingerprint density at radius 1 is 1.29 bits per heavy atom. The van der Waals surface area contributed by atoms with E-state index in [0.717, 1.165) is 38.6 Å². The van der Waals surface area contributed by atoms with E-state index in [0.29, 0.717) is 6.54 Å². The number of likely N-dealkylation sites (tertiary alicyclic amines) is 1. The van der Waals surface area contributed by atoms with Crippen molar-refractivity contribution in [3.63, 3.8) is 0 Å². The molecule has 3 N–H and O–H groups in total. The summed E-state index contributed by atoms with van der Waals surface area (Å²) < 4.78 is 0. The molecule has 1 aliphatic carbocycles. The highest BCUT2D eigenvalue weighted by atomic mass is 16.3. The minimum Gasteiger partial charge on any atom is -0.391 e. The molecule has 0 bridgehead atoms. The maximum atomic E-state index is 12.4. The van der Waals surface area contributed by atoms with Gasteiger partial charge in [-0.05, 0) is 31.6 Å². The van der Waals surface area contributed by atoms with Gasteiger partial charge in [-0.15, -0.1) is 0 Å². The van der Waals surface area contributed by atoms with E-state index in [4.69, 9.17) is 5.73 Å². The summed E-state index contributed by atoms with van der Waals surface area (Å²) in [7, 11) is 0. The van der Waals surface area contributed by atoms with Crippen LogP contribution in [0.5, 0.6) is 0 Å². The molecule has 1 saturated heterocycles. The van der Waals surface area contributed by atoms with Crippen molar-refractivity contribution in [3.8, 4) is 0 Å². The normalized spacial score (nSPS) is 39.1. The topological polar surface area (TPSA) is 66.6 Å². The standard InChI is InChI=1S/C13H24N2O2/c1-9-11(5-2-6-12(9)14)13(17)15-7-3-4-10(16)8-15/h9-12,16H,2-8,14H2,1H3. The number of nitrogens with zero attached hydrogens (tertiary/aromatic N) is 1. The Hall–Kier alpha value is -0.610. The molecule has 0 aromatic rings. The van der Waals surface area contributed by atoms with Crippen LogP contribution in [0.1, 0.15) is 39.0 Å². The summed E-state index contributed by atoms with van der Waals surface area (Å²) in [5, 5.41) is 9.63. The Morgan fingerprint density at radius 3 is 2.76 bits per heavy atom. The van der Waals surface area contributed by atoms with Crippen LogP contribution in [0.2, 0.25) is 0 Å². The van der Waals surface area contributed by atoms with Gasteiger partial charge in [-0.1, -0.05) is 13.3 Å². The van der Waals surface area contributed by atoms with Crippen molar-refractivity contribution in [2.24, 2.45) is 17.6 Å². The van der Waals surface area contributed by atoms with Gasteiger partial charge in [0.25, 0.3) is 0 Å². The van der Waals surface area contributed by atoms with Crippen molar-refractivity contribution in [1.29, 1.82) is 0 Å². The second kappa shape index (κ2) is 5.36. The quantitative estimate of drug-likeness (QED) is 0.710. The average Bonchev–Trinajstić information content (AvgIpc) is 2.32. The van der Waals surface area contributed by atoms with E-state index in [1.807, 2.05) is 4.90 Å². The maximum absolute atomic E-state index is 12.4. The van der Waals surface area contributed by atoms with Crippen molar-refractivity contribution in [1.82, 2.24) is 4.90 Å². The molecule has 4 atom stereocenters. The second-order valence-corrected chi connectivity index (χ2v) is 5.64. The van der Waals surface area contributed by atoms with Crippen LogP contribution in [-0.2, 0) is 4.79 Å². The van der Waals surface area contributed by atoms with Gasteiger partial charge in [0.15, 0.2) is 0 Å². The molecule has 2 fully saturated rings. The van der Waals surface area contributed by atoms with Gasteiger partial charge in [0.2, 0.25) is 5.91 Å². The van der Waals surface area contributed by atoms with Crippen molar-refractivity contribution in [2.75, 3.05) is 13.1 Å². The van der Waals surface area contributed by atoms with Gasteiger partial charge in [-0.2, -0.15) is 0 Å². The molecule has 4 heteroatoms. The van der Waals surface area contributed by atoms with Crippen LogP contribution < -0.4 is 5.73 Å². The molecule has 0 aromatic carbocycles. The Balaban J connectivity index is 1.98. The zero-order valence-corrected chi connectivity index (χ0v) is 10.6. The summed E-state index contributed by atoms with van der Waals surface area (Å²) in [5.74, 6) is 0.561. The molecule has 98 valence electrons. The fourth-order valence-electron chi connectivity index (χ4n) is 3.14. The number of nitrogens with two attached hydrogens (primary N) is 1. The Bertz CT molecular complexity index is 283. The van der Waals surface area contributed by atoms with Crippen LogP contribution in [0, 0.1) is 11.8 Å². The third-order valence-electron chi connectivity index (χ3n) is 4.39. The number of aliphatic hydroxyl groups excluding tert-OH is 1. The van der Waals surface area contributed by atoms with Crippen LogP contribution in [0.25, 0.3) is 0 Å². The van der Waals surface area contributed by atoms with Crippen molar-refractivity contribution >= 4 is 5.91 Å². The number of piperidine rings is 1. The van der Waals surface area contributed by atoms with Gasteiger partial charge in [-0.25, -0.2) is 0 Å². The first kappa shape index (κ1) is 12.8. The molecule has 17 heavy (non-hydrogen) atoms. The minimum absolute atomic E-state index is 0.0732. The van der Waals surface area contributed by atoms with E-state index in [2.05, 4.69) is 6.92 Å². The van der Waals surface area contributed by atoms with Gasteiger partial charge >= 0.3 is 0 Å². The molecule has 0 spiro atoms. The zero-order chi connectivity index (χ0) is 12.4. The van der Waals surface area contributed by atoms with E-state index in [9.17, 15) is 9.90 Å². The lowest BCUT2D eigenvalue weighted by atomic mass is 9.76. The lowest BCUT2D eigenvalue weighted by Crippen LogP contribution is -2.49. The number of hydrogen-bond acceptors (Lipinski definition) is 3. The fourth-order valence-corrected chi connectivity index (χ4v) is 3.14. The zero-order valence-electron chi connectivity index (χ0n) is 10.6. The lowest BCUT2D eigenvalue weighted by Gasteiger charge is -2.38. The van der Waals surface area contributed by atoms with Crippen LogP contribution in [0.3, 0.4) is 0 Å². The van der Waals surface area contributed by atoms with Crippen molar-refractivity contribution in [2.45, 2.75) is 51.2 Å². The molecule has 1 saturated carbocycles. The smallest absolute Gasteiger partial charge is 0.226 e. The lowest BCUT2D eigenvalue weighted by molar-refractivity contribution is -0.141. The predicted octanol–water partition coefficient (Wildman–Crippen LogP) is 0.733. The van der Waals surface area contributed by atoms with Gasteiger partial charge in [0, 0.05) is 25.0 Å². The Morgan fingerprint density at radius 2 is 2.06 bits per heavy atom. The molecule has 1 aliphatic heterocycles. The number of hydrogen-bond donors (Lipinski definition) is 2. The third kappa shape index (κ3) is 2.80. The molecule has 4 unspecified atom stereocenters. The van der Waals surface area contributed by atoms with Crippen LogP contribution >= 0.6 is 0 Å². The SMILES string of the molecule is CC1C(N)CCCC1C(=O)N1CCCC(O)C1. The highest BCUT2D eigenvalue weighted by Gasteiger charge is 2.36. The predicted molar refractivity (Wildman–Crippen MR) is 66.3 cm³/mol. The van der Waals surface area contributed by atoms with E-state index in [-0.39, 0.29) is 29.9 Å². The maximum Gasteiger partial charge on any atom is 0.226 e. The van der Waals surface area contributed by atoms with Gasteiger partial charge in [0.1, 0.15) is 0 Å². The molecule has 0 aromatic heterocycles. The first-order valence-electron chi connectivity index (χ1n) is 6.82. The molecule has 1 heterocycles. The van der Waals surface area contributed by atoms with Crippen LogP contribution in [0.15, 0.2) is 0 Å². The number of carbonyl (C=O) groups is 1. The summed E-state index contributed by atoms with van der Waals surface area (Å²) in [5.41, 5.74) is 6.04. The first-order valence-corrected chi connectivity index (χ1v) is 6.82. The molecular weight excluding hydrogens is 216 g/mol. The Kier molecular flexibility index (Phi) is 4.05. The van der Waals surface area contributed by atoms with Crippen LogP contribution in [-0.4, -0.2) is 41.1 Å². The van der Waals surface area contributed by atoms with Gasteiger partial charge < -0.3 is 15.7 Å². The van der Waals surface area contributed by atoms with Crippen molar-refractivity contribution < 1.29 is 9.90 Å². The molecule has 2 rings (SSSR count). The largest absolute Gasteiger partial charge is 0.391 e.